The first-order valence-electron chi connectivity index (χ1n) is 9.24. The van der Waals surface area contributed by atoms with E-state index in [0.29, 0.717) is 36.0 Å². The van der Waals surface area contributed by atoms with Gasteiger partial charge in [-0.15, -0.1) is 0 Å². The van der Waals surface area contributed by atoms with Gasteiger partial charge in [-0.05, 0) is 29.2 Å². The molecule has 1 atom stereocenters. The molecule has 1 saturated heterocycles. The second-order valence-electron chi connectivity index (χ2n) is 8.06. The minimum atomic E-state index is -0.112. The highest BCUT2D eigenvalue weighted by Gasteiger charge is 2.42. The first kappa shape index (κ1) is 17.6. The maximum absolute atomic E-state index is 13.2. The Morgan fingerprint density at radius 2 is 1.89 bits per heavy atom. The van der Waals surface area contributed by atoms with Gasteiger partial charge in [0.25, 0.3) is 11.8 Å². The zero-order chi connectivity index (χ0) is 19.2. The third-order valence-corrected chi connectivity index (χ3v) is 5.73. The average molecular weight is 364 g/mol. The number of amides is 2. The van der Waals surface area contributed by atoms with E-state index < -0.39 is 0 Å². The molecule has 0 unspecified atom stereocenters. The molecular weight excluding hydrogens is 340 g/mol. The summed E-state index contributed by atoms with van der Waals surface area (Å²) in [4.78, 5) is 28.5. The number of hydrogen-bond donors (Lipinski definition) is 0. The lowest BCUT2D eigenvalue weighted by molar-refractivity contribution is -0.120. The standard InChI is InChI=1S/C22H24N2O3/c1-22(2)14-24(12-17(22)15-7-5-4-6-8-15)21(26)16-9-10-19-18(11-16)23(3)20(25)13-27-19/h4-11,17H,12-14H2,1-3H3/t17-/m0/s1. The maximum atomic E-state index is 13.2. The Hall–Kier alpha value is -2.82. The minimum Gasteiger partial charge on any atom is -0.482 e. The molecule has 2 aliphatic rings. The van der Waals surface area contributed by atoms with Crippen LogP contribution in [0.5, 0.6) is 5.75 Å². The number of hydrogen-bond acceptors (Lipinski definition) is 3. The predicted octanol–water partition coefficient (Wildman–Crippen LogP) is 3.31. The second-order valence-corrected chi connectivity index (χ2v) is 8.06. The summed E-state index contributed by atoms with van der Waals surface area (Å²) in [6, 6.07) is 15.7. The highest BCUT2D eigenvalue weighted by Crippen LogP contribution is 2.43. The van der Waals surface area contributed by atoms with Crippen molar-refractivity contribution in [3.8, 4) is 5.75 Å². The Bertz CT molecular complexity index is 892. The van der Waals surface area contributed by atoms with E-state index in [-0.39, 0.29) is 23.8 Å². The van der Waals surface area contributed by atoms with Crippen molar-refractivity contribution in [1.82, 2.24) is 4.90 Å². The number of benzene rings is 2. The molecule has 4 rings (SSSR count). The number of rotatable bonds is 2. The molecule has 2 aliphatic heterocycles. The van der Waals surface area contributed by atoms with Crippen LogP contribution in [0.15, 0.2) is 48.5 Å². The molecule has 2 aromatic rings. The predicted molar refractivity (Wildman–Crippen MR) is 104 cm³/mol. The summed E-state index contributed by atoms with van der Waals surface area (Å²) in [6.07, 6.45) is 0. The van der Waals surface area contributed by atoms with Crippen molar-refractivity contribution in [2.75, 3.05) is 31.6 Å². The number of ether oxygens (including phenoxy) is 1. The van der Waals surface area contributed by atoms with Gasteiger partial charge in [0.2, 0.25) is 0 Å². The second kappa shape index (κ2) is 6.41. The molecule has 0 N–H and O–H groups in total. The fourth-order valence-electron chi connectivity index (χ4n) is 4.12. The maximum Gasteiger partial charge on any atom is 0.264 e. The third kappa shape index (κ3) is 3.07. The van der Waals surface area contributed by atoms with Crippen molar-refractivity contribution in [3.05, 3.63) is 59.7 Å². The molecule has 2 aromatic carbocycles. The van der Waals surface area contributed by atoms with Crippen LogP contribution in [0, 0.1) is 5.41 Å². The molecule has 0 radical (unpaired) electrons. The van der Waals surface area contributed by atoms with Crippen molar-refractivity contribution in [2.45, 2.75) is 19.8 Å². The van der Waals surface area contributed by atoms with Gasteiger partial charge in [0.1, 0.15) is 5.75 Å². The number of fused-ring (bicyclic) bond motifs is 1. The molecule has 2 amide bonds. The molecule has 0 bridgehead atoms. The smallest absolute Gasteiger partial charge is 0.264 e. The van der Waals surface area contributed by atoms with Gasteiger partial charge < -0.3 is 14.5 Å². The fraction of sp³-hybridized carbons (Fsp3) is 0.364. The number of carbonyl (C=O) groups is 2. The Kier molecular flexibility index (Phi) is 4.17. The lowest BCUT2D eigenvalue weighted by Crippen LogP contribution is -2.36. The van der Waals surface area contributed by atoms with Gasteiger partial charge in [-0.2, -0.15) is 0 Å². The van der Waals surface area contributed by atoms with Gasteiger partial charge in [0.15, 0.2) is 6.61 Å². The van der Waals surface area contributed by atoms with Crippen molar-refractivity contribution in [1.29, 1.82) is 0 Å². The highest BCUT2D eigenvalue weighted by atomic mass is 16.5. The van der Waals surface area contributed by atoms with Crippen LogP contribution in [0.1, 0.15) is 35.7 Å². The monoisotopic (exact) mass is 364 g/mol. The first-order valence-corrected chi connectivity index (χ1v) is 9.24. The van der Waals surface area contributed by atoms with E-state index in [0.717, 1.165) is 0 Å². The van der Waals surface area contributed by atoms with Gasteiger partial charge in [-0.3, -0.25) is 9.59 Å². The Labute approximate surface area is 159 Å². The van der Waals surface area contributed by atoms with E-state index in [1.807, 2.05) is 23.1 Å². The molecule has 0 spiro atoms. The summed E-state index contributed by atoms with van der Waals surface area (Å²) in [5, 5.41) is 0. The van der Waals surface area contributed by atoms with E-state index in [1.165, 1.54) is 5.56 Å². The first-order chi connectivity index (χ1) is 12.9. The largest absolute Gasteiger partial charge is 0.482 e. The number of carbonyl (C=O) groups excluding carboxylic acids is 2. The average Bonchev–Trinajstić information content (AvgIpc) is 3.00. The Balaban J connectivity index is 1.60. The summed E-state index contributed by atoms with van der Waals surface area (Å²) in [5.41, 5.74) is 2.50. The molecule has 1 fully saturated rings. The van der Waals surface area contributed by atoms with Crippen LogP contribution in [0.2, 0.25) is 0 Å². The van der Waals surface area contributed by atoms with Crippen LogP contribution in [0.25, 0.3) is 0 Å². The molecule has 140 valence electrons. The zero-order valence-electron chi connectivity index (χ0n) is 15.9. The van der Waals surface area contributed by atoms with Gasteiger partial charge >= 0.3 is 0 Å². The number of likely N-dealkylation sites (tertiary alicyclic amines) is 1. The fourth-order valence-corrected chi connectivity index (χ4v) is 4.12. The number of anilines is 1. The van der Waals surface area contributed by atoms with Crippen molar-refractivity contribution in [2.24, 2.45) is 5.41 Å². The van der Waals surface area contributed by atoms with Crippen LogP contribution >= 0.6 is 0 Å². The van der Waals surface area contributed by atoms with Crippen LogP contribution in [-0.2, 0) is 4.79 Å². The number of nitrogens with zero attached hydrogens (tertiary/aromatic N) is 2. The topological polar surface area (TPSA) is 49.9 Å². The van der Waals surface area contributed by atoms with Crippen molar-refractivity contribution >= 4 is 17.5 Å². The van der Waals surface area contributed by atoms with E-state index in [4.69, 9.17) is 4.74 Å². The van der Waals surface area contributed by atoms with Gasteiger partial charge in [0, 0.05) is 31.6 Å². The van der Waals surface area contributed by atoms with Crippen LogP contribution in [-0.4, -0.2) is 43.5 Å². The zero-order valence-corrected chi connectivity index (χ0v) is 15.9. The van der Waals surface area contributed by atoms with Gasteiger partial charge in [0.05, 0.1) is 5.69 Å². The molecule has 5 heteroatoms. The molecular formula is C22H24N2O3. The highest BCUT2D eigenvalue weighted by molar-refractivity contribution is 6.01. The molecule has 0 aliphatic carbocycles. The Morgan fingerprint density at radius 1 is 1.15 bits per heavy atom. The van der Waals surface area contributed by atoms with Crippen LogP contribution < -0.4 is 9.64 Å². The lowest BCUT2D eigenvalue weighted by Gasteiger charge is -2.27. The minimum absolute atomic E-state index is 0.00108. The third-order valence-electron chi connectivity index (χ3n) is 5.73. The van der Waals surface area contributed by atoms with Gasteiger partial charge in [-0.1, -0.05) is 44.2 Å². The van der Waals surface area contributed by atoms with Gasteiger partial charge in [-0.25, -0.2) is 0 Å². The van der Waals surface area contributed by atoms with Crippen LogP contribution in [0.4, 0.5) is 5.69 Å². The Morgan fingerprint density at radius 3 is 2.63 bits per heavy atom. The molecule has 0 saturated carbocycles. The SMILES string of the molecule is CN1C(=O)COc2ccc(C(=O)N3C[C@@H](c4ccccc4)C(C)(C)C3)cc21. The number of likely N-dealkylation sites (N-methyl/N-ethyl adjacent to an activating group) is 1. The lowest BCUT2D eigenvalue weighted by atomic mass is 9.78. The van der Waals surface area contributed by atoms with Crippen molar-refractivity contribution in [3.63, 3.8) is 0 Å². The molecule has 0 aromatic heterocycles. The normalized spacial score (nSPS) is 21.0. The van der Waals surface area contributed by atoms with E-state index >= 15 is 0 Å². The molecule has 27 heavy (non-hydrogen) atoms. The van der Waals surface area contributed by atoms with E-state index in [1.54, 1.807) is 30.1 Å². The summed E-state index contributed by atoms with van der Waals surface area (Å²) < 4.78 is 5.46. The summed E-state index contributed by atoms with van der Waals surface area (Å²) in [5.74, 6) is 0.819. The van der Waals surface area contributed by atoms with Crippen LogP contribution in [0.3, 0.4) is 0 Å². The molecule has 2 heterocycles. The van der Waals surface area contributed by atoms with E-state index in [9.17, 15) is 9.59 Å². The van der Waals surface area contributed by atoms with E-state index in [2.05, 4.69) is 26.0 Å². The summed E-state index contributed by atoms with van der Waals surface area (Å²) in [7, 11) is 1.71. The molecule has 5 nitrogen and oxygen atoms in total. The van der Waals surface area contributed by atoms with Crippen molar-refractivity contribution < 1.29 is 14.3 Å². The summed E-state index contributed by atoms with van der Waals surface area (Å²) >= 11 is 0. The summed E-state index contributed by atoms with van der Waals surface area (Å²) in [6.45, 7) is 5.86. The quantitative estimate of drug-likeness (QED) is 0.821.